The summed E-state index contributed by atoms with van der Waals surface area (Å²) in [7, 11) is 1.49. The number of hydrogen-bond donors (Lipinski definition) is 2. The Morgan fingerprint density at radius 2 is 1.97 bits per heavy atom. The van der Waals surface area contributed by atoms with Crippen LogP contribution in [0.5, 0.6) is 0 Å². The summed E-state index contributed by atoms with van der Waals surface area (Å²) in [5.74, 6) is -1.03. The van der Waals surface area contributed by atoms with Crippen molar-refractivity contribution in [2.24, 2.45) is 5.92 Å². The van der Waals surface area contributed by atoms with Crippen LogP contribution >= 0.6 is 0 Å². The monoisotopic (exact) mass is 499 g/mol. The van der Waals surface area contributed by atoms with E-state index < -0.39 is 23.1 Å². The second-order valence-corrected chi connectivity index (χ2v) is 9.25. The van der Waals surface area contributed by atoms with Crippen molar-refractivity contribution in [1.29, 1.82) is 0 Å². The molecule has 2 atom stereocenters. The highest BCUT2D eigenvalue weighted by atomic mass is 16.5. The van der Waals surface area contributed by atoms with Crippen molar-refractivity contribution in [3.63, 3.8) is 0 Å². The second kappa shape index (κ2) is 12.0. The number of ether oxygens (including phenoxy) is 1. The largest absolute Gasteiger partial charge is 0.383 e. The number of nitrogens with two attached hydrogens (primary N) is 1. The average Bonchev–Trinajstić information content (AvgIpc) is 3.26. The molecule has 3 N–H and O–H groups in total. The summed E-state index contributed by atoms with van der Waals surface area (Å²) in [6, 6.07) is 7.75. The van der Waals surface area contributed by atoms with Crippen molar-refractivity contribution in [3.8, 4) is 0 Å². The Bertz CT molecular complexity index is 1200. The number of nitrogen functional groups attached to an aromatic ring is 1. The van der Waals surface area contributed by atoms with Gasteiger partial charge in [0.05, 0.1) is 12.5 Å². The van der Waals surface area contributed by atoms with E-state index >= 15 is 0 Å². The van der Waals surface area contributed by atoms with Crippen LogP contribution in [-0.4, -0.2) is 48.2 Å². The van der Waals surface area contributed by atoms with Crippen LogP contribution in [0.4, 0.5) is 17.2 Å². The zero-order valence-corrected chi connectivity index (χ0v) is 21.6. The van der Waals surface area contributed by atoms with Crippen LogP contribution in [0.1, 0.15) is 57.9 Å². The van der Waals surface area contributed by atoms with Gasteiger partial charge in [-0.05, 0) is 30.4 Å². The number of carbonyl (C=O) groups is 2. The predicted octanol–water partition coefficient (Wildman–Crippen LogP) is 2.46. The van der Waals surface area contributed by atoms with Gasteiger partial charge >= 0.3 is 5.69 Å². The molecule has 1 aliphatic heterocycles. The zero-order valence-electron chi connectivity index (χ0n) is 21.6. The first-order valence-electron chi connectivity index (χ1n) is 12.6. The maximum Gasteiger partial charge on any atom is 0.330 e. The number of anilines is 3. The Morgan fingerprint density at radius 3 is 2.64 bits per heavy atom. The highest BCUT2D eigenvalue weighted by Gasteiger charge is 2.39. The van der Waals surface area contributed by atoms with Gasteiger partial charge in [-0.25, -0.2) is 4.79 Å². The van der Waals surface area contributed by atoms with Crippen molar-refractivity contribution in [3.05, 3.63) is 50.7 Å². The Kier molecular flexibility index (Phi) is 9.08. The van der Waals surface area contributed by atoms with Crippen molar-refractivity contribution >= 4 is 29.0 Å². The van der Waals surface area contributed by atoms with Gasteiger partial charge in [-0.15, -0.1) is 0 Å². The molecule has 1 saturated heterocycles. The lowest BCUT2D eigenvalue weighted by molar-refractivity contribution is -0.124. The molecule has 0 radical (unpaired) electrons. The van der Waals surface area contributed by atoms with Crippen molar-refractivity contribution < 1.29 is 14.3 Å². The van der Waals surface area contributed by atoms with Gasteiger partial charge in [-0.2, -0.15) is 0 Å². The molecule has 1 fully saturated rings. The van der Waals surface area contributed by atoms with Gasteiger partial charge in [-0.1, -0.05) is 45.4 Å². The summed E-state index contributed by atoms with van der Waals surface area (Å²) in [6.07, 6.45) is 2.44. The van der Waals surface area contributed by atoms with Crippen molar-refractivity contribution in [1.82, 2.24) is 9.55 Å². The summed E-state index contributed by atoms with van der Waals surface area (Å²) >= 11 is 0. The highest BCUT2D eigenvalue weighted by Crippen LogP contribution is 2.34. The number of carbonyl (C=O) groups excluding carboxylic acids is 2. The Hall–Kier alpha value is -3.40. The average molecular weight is 500 g/mol. The van der Waals surface area contributed by atoms with Crippen LogP contribution in [0.3, 0.4) is 0 Å². The third-order valence-electron chi connectivity index (χ3n) is 6.85. The first-order chi connectivity index (χ1) is 17.2. The van der Waals surface area contributed by atoms with Crippen LogP contribution < -0.4 is 26.8 Å². The molecular formula is C26H37N5O5. The Labute approximate surface area is 211 Å². The standard InChI is InChI=1S/C26H37N5O5/c1-5-7-12-30-23(27)22(24(33)28-26(30)35)29(13-14-36-4)25(34)18-15-21(32)31(16-18)20-11-9-8-10-19(20)17(3)6-2/h8-11,17-18H,5-7,12-16,27H2,1-4H3,(H,28,33,35)/t17-,18+/m0/s1. The number of aromatic nitrogens is 2. The van der Waals surface area contributed by atoms with Gasteiger partial charge in [0.25, 0.3) is 5.56 Å². The fourth-order valence-electron chi connectivity index (χ4n) is 4.59. The normalized spacial score (nSPS) is 16.4. The molecule has 0 bridgehead atoms. The van der Waals surface area contributed by atoms with Crippen LogP contribution in [0.25, 0.3) is 0 Å². The lowest BCUT2D eigenvalue weighted by Crippen LogP contribution is -2.45. The minimum atomic E-state index is -0.738. The van der Waals surface area contributed by atoms with Gasteiger partial charge < -0.3 is 20.3 Å². The number of methoxy groups -OCH3 is 1. The summed E-state index contributed by atoms with van der Waals surface area (Å²) in [4.78, 5) is 57.3. The fraction of sp³-hybridized carbons (Fsp3) is 0.538. The van der Waals surface area contributed by atoms with E-state index in [0.29, 0.717) is 13.0 Å². The second-order valence-electron chi connectivity index (χ2n) is 9.25. The molecule has 10 nitrogen and oxygen atoms in total. The van der Waals surface area contributed by atoms with E-state index in [0.717, 1.165) is 24.1 Å². The molecule has 1 aromatic carbocycles. The van der Waals surface area contributed by atoms with Gasteiger partial charge in [0, 0.05) is 38.9 Å². The molecule has 0 saturated carbocycles. The number of unbranched alkanes of at least 4 members (excludes halogenated alkanes) is 1. The summed E-state index contributed by atoms with van der Waals surface area (Å²) in [5.41, 5.74) is 6.71. The number of benzene rings is 1. The number of nitrogens with one attached hydrogen (secondary N) is 1. The number of nitrogens with zero attached hydrogens (tertiary/aromatic N) is 3. The molecule has 1 aliphatic rings. The van der Waals surface area contributed by atoms with Crippen LogP contribution in [0.2, 0.25) is 0 Å². The molecule has 36 heavy (non-hydrogen) atoms. The van der Waals surface area contributed by atoms with Crippen molar-refractivity contribution in [2.75, 3.05) is 42.3 Å². The minimum Gasteiger partial charge on any atom is -0.383 e. The third kappa shape index (κ3) is 5.53. The fourth-order valence-corrected chi connectivity index (χ4v) is 4.59. The molecule has 2 amide bonds. The van der Waals surface area contributed by atoms with E-state index in [9.17, 15) is 19.2 Å². The number of H-pyrrole nitrogens is 1. The predicted molar refractivity (Wildman–Crippen MR) is 140 cm³/mol. The Balaban J connectivity index is 1.97. The molecule has 3 rings (SSSR count). The molecule has 1 aromatic heterocycles. The maximum absolute atomic E-state index is 13.8. The van der Waals surface area contributed by atoms with E-state index in [1.165, 1.54) is 16.6 Å². The molecule has 0 unspecified atom stereocenters. The molecule has 2 aromatic rings. The van der Waals surface area contributed by atoms with E-state index in [1.54, 1.807) is 4.90 Å². The zero-order chi connectivity index (χ0) is 26.4. The van der Waals surface area contributed by atoms with E-state index in [2.05, 4.69) is 18.8 Å². The SMILES string of the molecule is CCCCn1c(N)c(N(CCOC)C(=O)[C@@H]2CC(=O)N(c3ccccc3[C@@H](C)CC)C2)c(=O)[nH]c1=O. The third-order valence-corrected chi connectivity index (χ3v) is 6.85. The molecule has 196 valence electrons. The van der Waals surface area contributed by atoms with Gasteiger partial charge in [0.15, 0.2) is 5.69 Å². The highest BCUT2D eigenvalue weighted by molar-refractivity contribution is 6.05. The molecule has 0 spiro atoms. The smallest absolute Gasteiger partial charge is 0.330 e. The van der Waals surface area contributed by atoms with Gasteiger partial charge in [0.1, 0.15) is 5.82 Å². The van der Waals surface area contributed by atoms with Gasteiger partial charge in [0.2, 0.25) is 11.8 Å². The number of para-hydroxylation sites is 1. The summed E-state index contributed by atoms with van der Waals surface area (Å²) in [6.45, 7) is 6.90. The summed E-state index contributed by atoms with van der Waals surface area (Å²) < 4.78 is 6.46. The topological polar surface area (TPSA) is 131 Å². The first kappa shape index (κ1) is 27.2. The quantitative estimate of drug-likeness (QED) is 0.488. The van der Waals surface area contributed by atoms with Crippen LogP contribution in [0.15, 0.2) is 33.9 Å². The number of amides is 2. The molecular weight excluding hydrogens is 462 g/mol. The molecule has 0 aliphatic carbocycles. The lowest BCUT2D eigenvalue weighted by atomic mass is 9.96. The first-order valence-corrected chi connectivity index (χ1v) is 12.6. The van der Waals surface area contributed by atoms with E-state index in [-0.39, 0.29) is 49.4 Å². The molecule has 2 heterocycles. The van der Waals surface area contributed by atoms with Gasteiger partial charge in [-0.3, -0.25) is 23.9 Å². The minimum absolute atomic E-state index is 0.0183. The number of aromatic amines is 1. The van der Waals surface area contributed by atoms with E-state index in [1.807, 2.05) is 31.2 Å². The number of hydrogen-bond acceptors (Lipinski definition) is 6. The number of rotatable bonds is 11. The maximum atomic E-state index is 13.8. The summed E-state index contributed by atoms with van der Waals surface area (Å²) in [5, 5.41) is 0. The van der Waals surface area contributed by atoms with Crippen molar-refractivity contribution in [2.45, 2.75) is 58.9 Å². The lowest BCUT2D eigenvalue weighted by Gasteiger charge is -2.27. The van der Waals surface area contributed by atoms with Crippen LogP contribution in [-0.2, 0) is 20.9 Å². The van der Waals surface area contributed by atoms with E-state index in [4.69, 9.17) is 10.5 Å². The molecule has 10 heteroatoms. The Morgan fingerprint density at radius 1 is 1.25 bits per heavy atom. The van der Waals surface area contributed by atoms with Crippen LogP contribution in [0, 0.1) is 5.92 Å².